The van der Waals surface area contributed by atoms with Crippen LogP contribution in [0.1, 0.15) is 31.4 Å². The summed E-state index contributed by atoms with van der Waals surface area (Å²) in [6.45, 7) is 8.71. The standard InChI is InChI=1S/C17H23NO2/c1-12-4-6-16(15(10-12)5-7-17(19)20)18-9-8-13(2)14(3)11-18/h4-7,10,13-14H,8-9,11H2,1-3H3,(H,19,20)/b7-5+. The van der Waals surface area contributed by atoms with Gasteiger partial charge >= 0.3 is 5.97 Å². The molecule has 3 heteroatoms. The number of aryl methyl sites for hydroxylation is 1. The number of hydrogen-bond donors (Lipinski definition) is 1. The van der Waals surface area contributed by atoms with Crippen LogP contribution >= 0.6 is 0 Å². The fourth-order valence-electron chi connectivity index (χ4n) is 2.74. The number of hydrogen-bond acceptors (Lipinski definition) is 2. The lowest BCUT2D eigenvalue weighted by atomic mass is 9.88. The molecule has 1 heterocycles. The Hall–Kier alpha value is -1.77. The lowest BCUT2D eigenvalue weighted by Gasteiger charge is -2.37. The van der Waals surface area contributed by atoms with Crippen LogP contribution in [0.25, 0.3) is 6.08 Å². The van der Waals surface area contributed by atoms with Crippen molar-refractivity contribution in [1.29, 1.82) is 0 Å². The van der Waals surface area contributed by atoms with Crippen LogP contribution in [0.3, 0.4) is 0 Å². The van der Waals surface area contributed by atoms with Crippen LogP contribution in [0.5, 0.6) is 0 Å². The summed E-state index contributed by atoms with van der Waals surface area (Å²) in [4.78, 5) is 13.1. The highest BCUT2D eigenvalue weighted by Crippen LogP contribution is 2.30. The van der Waals surface area contributed by atoms with Gasteiger partial charge in [0.25, 0.3) is 0 Å². The topological polar surface area (TPSA) is 40.5 Å². The Morgan fingerprint density at radius 2 is 2.10 bits per heavy atom. The first-order valence-electron chi connectivity index (χ1n) is 7.24. The van der Waals surface area contributed by atoms with E-state index in [-0.39, 0.29) is 0 Å². The quantitative estimate of drug-likeness (QED) is 0.856. The van der Waals surface area contributed by atoms with Crippen molar-refractivity contribution >= 4 is 17.7 Å². The fraction of sp³-hybridized carbons (Fsp3) is 0.471. The third-order valence-electron chi connectivity index (χ3n) is 4.26. The highest BCUT2D eigenvalue weighted by Gasteiger charge is 2.23. The molecule has 1 fully saturated rings. The van der Waals surface area contributed by atoms with Crippen LogP contribution < -0.4 is 4.90 Å². The number of carboxylic acid groups (broad SMARTS) is 1. The predicted octanol–water partition coefficient (Wildman–Crippen LogP) is 3.58. The third-order valence-corrected chi connectivity index (χ3v) is 4.26. The minimum Gasteiger partial charge on any atom is -0.478 e. The van der Waals surface area contributed by atoms with Gasteiger partial charge in [-0.2, -0.15) is 0 Å². The van der Waals surface area contributed by atoms with Gasteiger partial charge in [-0.05, 0) is 49.0 Å². The van der Waals surface area contributed by atoms with Crippen molar-refractivity contribution in [3.63, 3.8) is 0 Å². The van der Waals surface area contributed by atoms with Crippen molar-refractivity contribution < 1.29 is 9.90 Å². The molecule has 2 rings (SSSR count). The summed E-state index contributed by atoms with van der Waals surface area (Å²) < 4.78 is 0. The SMILES string of the molecule is Cc1ccc(N2CCC(C)C(C)C2)c(/C=C/C(=O)O)c1. The minimum atomic E-state index is -0.905. The Morgan fingerprint density at radius 1 is 1.35 bits per heavy atom. The molecule has 2 atom stereocenters. The summed E-state index contributed by atoms with van der Waals surface area (Å²) in [5.74, 6) is 0.522. The van der Waals surface area contributed by atoms with E-state index >= 15 is 0 Å². The lowest BCUT2D eigenvalue weighted by molar-refractivity contribution is -0.131. The molecule has 0 aliphatic carbocycles. The van der Waals surface area contributed by atoms with Gasteiger partial charge in [-0.25, -0.2) is 4.79 Å². The van der Waals surface area contributed by atoms with Crippen molar-refractivity contribution in [2.45, 2.75) is 27.2 Å². The summed E-state index contributed by atoms with van der Waals surface area (Å²) in [6.07, 6.45) is 4.11. The Kier molecular flexibility index (Phi) is 4.48. The maximum absolute atomic E-state index is 10.7. The molecule has 0 radical (unpaired) electrons. The molecule has 1 aliphatic rings. The number of carbonyl (C=O) groups is 1. The minimum absolute atomic E-state index is 0.668. The Bertz CT molecular complexity index is 522. The highest BCUT2D eigenvalue weighted by atomic mass is 16.4. The molecular weight excluding hydrogens is 250 g/mol. The van der Waals surface area contributed by atoms with E-state index in [1.54, 1.807) is 6.08 Å². The second-order valence-electron chi connectivity index (χ2n) is 5.92. The molecule has 1 aromatic rings. The molecule has 3 nitrogen and oxygen atoms in total. The first-order chi connectivity index (χ1) is 9.47. The van der Waals surface area contributed by atoms with Gasteiger partial charge in [-0.1, -0.05) is 25.5 Å². The monoisotopic (exact) mass is 273 g/mol. The van der Waals surface area contributed by atoms with E-state index in [0.29, 0.717) is 5.92 Å². The Labute approximate surface area is 120 Å². The Morgan fingerprint density at radius 3 is 2.75 bits per heavy atom. The van der Waals surface area contributed by atoms with Gasteiger partial charge in [0.1, 0.15) is 0 Å². The molecule has 20 heavy (non-hydrogen) atoms. The summed E-state index contributed by atoms with van der Waals surface area (Å²) in [5.41, 5.74) is 3.29. The van der Waals surface area contributed by atoms with Crippen LogP contribution in [0.2, 0.25) is 0 Å². The zero-order valence-electron chi connectivity index (χ0n) is 12.5. The van der Waals surface area contributed by atoms with Gasteiger partial charge in [-0.15, -0.1) is 0 Å². The lowest BCUT2D eigenvalue weighted by Crippen LogP contribution is -2.38. The summed E-state index contributed by atoms with van der Waals surface area (Å²) in [6, 6.07) is 6.26. The second kappa shape index (κ2) is 6.12. The Balaban J connectivity index is 2.29. The zero-order chi connectivity index (χ0) is 14.7. The van der Waals surface area contributed by atoms with Crippen LogP contribution in [0.4, 0.5) is 5.69 Å². The second-order valence-corrected chi connectivity index (χ2v) is 5.92. The number of anilines is 1. The molecular formula is C17H23NO2. The maximum atomic E-state index is 10.7. The van der Waals surface area contributed by atoms with Gasteiger partial charge < -0.3 is 10.0 Å². The maximum Gasteiger partial charge on any atom is 0.328 e. The van der Waals surface area contributed by atoms with E-state index < -0.39 is 5.97 Å². The van der Waals surface area contributed by atoms with E-state index in [1.165, 1.54) is 12.5 Å². The predicted molar refractivity (Wildman–Crippen MR) is 83.0 cm³/mol. The van der Waals surface area contributed by atoms with Gasteiger partial charge in [0.15, 0.2) is 0 Å². The van der Waals surface area contributed by atoms with E-state index in [4.69, 9.17) is 5.11 Å². The number of carboxylic acids is 1. The van der Waals surface area contributed by atoms with Crippen LogP contribution in [-0.2, 0) is 4.79 Å². The first-order valence-corrected chi connectivity index (χ1v) is 7.24. The molecule has 0 bridgehead atoms. The fourth-order valence-corrected chi connectivity index (χ4v) is 2.74. The van der Waals surface area contributed by atoms with Crippen LogP contribution in [0.15, 0.2) is 24.3 Å². The van der Waals surface area contributed by atoms with Crippen molar-refractivity contribution in [2.75, 3.05) is 18.0 Å². The molecule has 2 unspecified atom stereocenters. The zero-order valence-corrected chi connectivity index (χ0v) is 12.5. The van der Waals surface area contributed by atoms with Gasteiger partial charge in [0.05, 0.1) is 0 Å². The van der Waals surface area contributed by atoms with Gasteiger partial charge in [0, 0.05) is 24.9 Å². The number of piperidine rings is 1. The van der Waals surface area contributed by atoms with Gasteiger partial charge in [-0.3, -0.25) is 0 Å². The van der Waals surface area contributed by atoms with Crippen LogP contribution in [0, 0.1) is 18.8 Å². The summed E-state index contributed by atoms with van der Waals surface area (Å²) in [5, 5.41) is 8.82. The largest absolute Gasteiger partial charge is 0.478 e. The molecule has 1 aliphatic heterocycles. The number of aliphatic carboxylic acids is 1. The van der Waals surface area contributed by atoms with E-state index in [2.05, 4.69) is 36.9 Å². The summed E-state index contributed by atoms with van der Waals surface area (Å²) in [7, 11) is 0. The average molecular weight is 273 g/mol. The molecule has 0 spiro atoms. The molecule has 0 amide bonds. The van der Waals surface area contributed by atoms with Crippen molar-refractivity contribution in [3.05, 3.63) is 35.4 Å². The van der Waals surface area contributed by atoms with Crippen molar-refractivity contribution in [1.82, 2.24) is 0 Å². The van der Waals surface area contributed by atoms with Gasteiger partial charge in [0.2, 0.25) is 0 Å². The van der Waals surface area contributed by atoms with Crippen LogP contribution in [-0.4, -0.2) is 24.2 Å². The van der Waals surface area contributed by atoms with E-state index in [1.807, 2.05) is 6.92 Å². The molecule has 0 aromatic heterocycles. The number of rotatable bonds is 3. The highest BCUT2D eigenvalue weighted by molar-refractivity contribution is 5.87. The van der Waals surface area contributed by atoms with E-state index in [0.717, 1.165) is 35.8 Å². The summed E-state index contributed by atoms with van der Waals surface area (Å²) >= 11 is 0. The smallest absolute Gasteiger partial charge is 0.328 e. The molecule has 0 saturated carbocycles. The number of benzene rings is 1. The third kappa shape index (κ3) is 3.41. The molecule has 108 valence electrons. The molecule has 1 aromatic carbocycles. The van der Waals surface area contributed by atoms with E-state index in [9.17, 15) is 4.79 Å². The molecule has 1 N–H and O–H groups in total. The van der Waals surface area contributed by atoms with Crippen molar-refractivity contribution in [2.24, 2.45) is 11.8 Å². The first kappa shape index (κ1) is 14.6. The molecule has 1 saturated heterocycles. The number of nitrogens with zero attached hydrogens (tertiary/aromatic N) is 1. The normalized spacial score (nSPS) is 23.2. The van der Waals surface area contributed by atoms with Crippen molar-refractivity contribution in [3.8, 4) is 0 Å². The average Bonchev–Trinajstić information content (AvgIpc) is 2.40.